The van der Waals surface area contributed by atoms with E-state index in [0.717, 1.165) is 5.69 Å². The first-order chi connectivity index (χ1) is 7.38. The van der Waals surface area contributed by atoms with Crippen molar-refractivity contribution in [2.45, 2.75) is 45.8 Å². The minimum atomic E-state index is -0.220. The van der Waals surface area contributed by atoms with Gasteiger partial charge in [-0.25, -0.2) is 4.98 Å². The van der Waals surface area contributed by atoms with Crippen molar-refractivity contribution in [2.75, 3.05) is 0 Å². The van der Waals surface area contributed by atoms with E-state index in [1.165, 1.54) is 0 Å². The summed E-state index contributed by atoms with van der Waals surface area (Å²) in [6.07, 6.45) is 3.36. The van der Waals surface area contributed by atoms with E-state index in [2.05, 4.69) is 20.6 Å². The summed E-state index contributed by atoms with van der Waals surface area (Å²) in [6, 6.07) is -0.220. The molecule has 5 heteroatoms. The molecule has 1 aromatic rings. The molecule has 0 aliphatic carbocycles. The van der Waals surface area contributed by atoms with Crippen LogP contribution in [0.2, 0.25) is 0 Å². The van der Waals surface area contributed by atoms with Gasteiger partial charge in [-0.15, -0.1) is 0 Å². The normalized spacial score (nSPS) is 13.5. The van der Waals surface area contributed by atoms with Crippen LogP contribution in [0.15, 0.2) is 12.5 Å². The van der Waals surface area contributed by atoms with Gasteiger partial charge in [-0.2, -0.15) is 0 Å². The summed E-state index contributed by atoms with van der Waals surface area (Å²) in [5.74, 6) is 0.00650. The molecule has 0 aliphatic heterocycles. The van der Waals surface area contributed by atoms with Gasteiger partial charge in [0.2, 0.25) is 5.91 Å². The topological polar surface area (TPSA) is 69.8 Å². The zero-order valence-electron chi connectivity index (χ0n) is 10.3. The maximum absolute atomic E-state index is 11.7. The van der Waals surface area contributed by atoms with Crippen LogP contribution in [0.1, 0.15) is 33.4 Å². The molecule has 1 atom stereocenters. The lowest BCUT2D eigenvalue weighted by atomic mass is 10.1. The molecule has 1 rings (SSSR count). The van der Waals surface area contributed by atoms with Crippen molar-refractivity contribution in [3.8, 4) is 0 Å². The molecule has 0 aliphatic rings. The van der Waals surface area contributed by atoms with Gasteiger partial charge in [0.05, 0.1) is 12.4 Å². The quantitative estimate of drug-likeness (QED) is 0.708. The second-order valence-corrected chi connectivity index (χ2v) is 4.92. The summed E-state index contributed by atoms with van der Waals surface area (Å²) in [4.78, 5) is 18.6. The number of amides is 1. The molecule has 90 valence electrons. The van der Waals surface area contributed by atoms with Crippen LogP contribution in [0.3, 0.4) is 0 Å². The molecule has 0 radical (unpaired) electrons. The summed E-state index contributed by atoms with van der Waals surface area (Å²) in [5.41, 5.74) is 0.775. The van der Waals surface area contributed by atoms with E-state index in [1.54, 1.807) is 12.5 Å². The lowest BCUT2D eigenvalue weighted by Crippen LogP contribution is -2.49. The number of nitrogens with zero attached hydrogens (tertiary/aromatic N) is 1. The van der Waals surface area contributed by atoms with Gasteiger partial charge in [-0.05, 0) is 27.7 Å². The molecular formula is C11H20N4O. The molecular weight excluding hydrogens is 204 g/mol. The van der Waals surface area contributed by atoms with Crippen LogP contribution in [-0.4, -0.2) is 27.5 Å². The van der Waals surface area contributed by atoms with E-state index in [1.807, 2.05) is 27.7 Å². The van der Waals surface area contributed by atoms with Gasteiger partial charge in [0, 0.05) is 24.0 Å². The molecule has 1 aromatic heterocycles. The first-order valence-corrected chi connectivity index (χ1v) is 5.41. The SMILES string of the molecule is CC(NCc1cnc[nH]1)C(=O)NC(C)(C)C. The highest BCUT2D eigenvalue weighted by Gasteiger charge is 2.18. The van der Waals surface area contributed by atoms with Crippen LogP contribution in [0.4, 0.5) is 0 Å². The summed E-state index contributed by atoms with van der Waals surface area (Å²) >= 11 is 0. The third kappa shape index (κ3) is 4.44. The first kappa shape index (κ1) is 12.7. The minimum Gasteiger partial charge on any atom is -0.350 e. The molecule has 16 heavy (non-hydrogen) atoms. The van der Waals surface area contributed by atoms with Crippen LogP contribution in [0, 0.1) is 0 Å². The zero-order valence-corrected chi connectivity index (χ0v) is 10.3. The summed E-state index contributed by atoms with van der Waals surface area (Å²) < 4.78 is 0. The Balaban J connectivity index is 2.35. The second-order valence-electron chi connectivity index (χ2n) is 4.92. The minimum absolute atomic E-state index is 0.00650. The van der Waals surface area contributed by atoms with E-state index in [0.29, 0.717) is 6.54 Å². The maximum atomic E-state index is 11.7. The van der Waals surface area contributed by atoms with E-state index in [-0.39, 0.29) is 17.5 Å². The monoisotopic (exact) mass is 224 g/mol. The van der Waals surface area contributed by atoms with E-state index in [9.17, 15) is 4.79 Å². The van der Waals surface area contributed by atoms with Crippen LogP contribution < -0.4 is 10.6 Å². The number of aromatic nitrogens is 2. The highest BCUT2D eigenvalue weighted by atomic mass is 16.2. The molecule has 3 N–H and O–H groups in total. The van der Waals surface area contributed by atoms with Crippen molar-refractivity contribution in [3.63, 3.8) is 0 Å². The number of carbonyl (C=O) groups is 1. The van der Waals surface area contributed by atoms with Crippen molar-refractivity contribution >= 4 is 5.91 Å². The van der Waals surface area contributed by atoms with Gasteiger partial charge in [-0.1, -0.05) is 0 Å². The Morgan fingerprint density at radius 3 is 2.75 bits per heavy atom. The van der Waals surface area contributed by atoms with Crippen molar-refractivity contribution in [3.05, 3.63) is 18.2 Å². The number of rotatable bonds is 4. The van der Waals surface area contributed by atoms with Gasteiger partial charge >= 0.3 is 0 Å². The van der Waals surface area contributed by atoms with E-state index < -0.39 is 0 Å². The van der Waals surface area contributed by atoms with E-state index >= 15 is 0 Å². The number of imidazole rings is 1. The number of hydrogen-bond donors (Lipinski definition) is 3. The van der Waals surface area contributed by atoms with Crippen LogP contribution in [0.25, 0.3) is 0 Å². The third-order valence-electron chi connectivity index (χ3n) is 2.05. The number of H-pyrrole nitrogens is 1. The predicted molar refractivity (Wildman–Crippen MR) is 62.8 cm³/mol. The predicted octanol–water partition coefficient (Wildman–Crippen LogP) is 0.802. The standard InChI is InChI=1S/C11H20N4O/c1-8(10(16)15-11(2,3)4)13-6-9-5-12-7-14-9/h5,7-8,13H,6H2,1-4H3,(H,12,14)(H,15,16). The molecule has 0 spiro atoms. The fourth-order valence-corrected chi connectivity index (χ4v) is 1.21. The highest BCUT2D eigenvalue weighted by Crippen LogP contribution is 2.00. The number of aromatic amines is 1. The fourth-order valence-electron chi connectivity index (χ4n) is 1.21. The lowest BCUT2D eigenvalue weighted by molar-refractivity contribution is -0.124. The summed E-state index contributed by atoms with van der Waals surface area (Å²) in [7, 11) is 0. The second kappa shape index (κ2) is 5.12. The van der Waals surface area contributed by atoms with E-state index in [4.69, 9.17) is 0 Å². The third-order valence-corrected chi connectivity index (χ3v) is 2.05. The molecule has 0 aromatic carbocycles. The number of hydrogen-bond acceptors (Lipinski definition) is 3. The maximum Gasteiger partial charge on any atom is 0.237 e. The van der Waals surface area contributed by atoms with Crippen molar-refractivity contribution < 1.29 is 4.79 Å². The number of nitrogens with one attached hydrogen (secondary N) is 3. The Morgan fingerprint density at radius 1 is 1.56 bits per heavy atom. The van der Waals surface area contributed by atoms with Crippen LogP contribution >= 0.6 is 0 Å². The largest absolute Gasteiger partial charge is 0.350 e. The molecule has 1 heterocycles. The summed E-state index contributed by atoms with van der Waals surface area (Å²) in [5, 5.41) is 6.05. The molecule has 0 saturated heterocycles. The van der Waals surface area contributed by atoms with Gasteiger partial charge in [0.25, 0.3) is 0 Å². The average molecular weight is 224 g/mol. The molecule has 0 bridgehead atoms. The molecule has 1 unspecified atom stereocenters. The van der Waals surface area contributed by atoms with Gasteiger partial charge in [0.1, 0.15) is 0 Å². The Bertz CT molecular complexity index is 326. The number of carbonyl (C=O) groups excluding carboxylic acids is 1. The van der Waals surface area contributed by atoms with Gasteiger partial charge in [0.15, 0.2) is 0 Å². The molecule has 1 amide bonds. The smallest absolute Gasteiger partial charge is 0.237 e. The Labute approximate surface area is 96.0 Å². The zero-order chi connectivity index (χ0) is 12.2. The van der Waals surface area contributed by atoms with Crippen molar-refractivity contribution in [1.29, 1.82) is 0 Å². The first-order valence-electron chi connectivity index (χ1n) is 5.41. The van der Waals surface area contributed by atoms with Crippen LogP contribution in [0.5, 0.6) is 0 Å². The van der Waals surface area contributed by atoms with Crippen molar-refractivity contribution in [1.82, 2.24) is 20.6 Å². The molecule has 5 nitrogen and oxygen atoms in total. The van der Waals surface area contributed by atoms with Crippen LogP contribution in [-0.2, 0) is 11.3 Å². The summed E-state index contributed by atoms with van der Waals surface area (Å²) in [6.45, 7) is 8.35. The van der Waals surface area contributed by atoms with Gasteiger partial charge < -0.3 is 15.6 Å². The molecule has 0 saturated carbocycles. The lowest BCUT2D eigenvalue weighted by Gasteiger charge is -2.23. The Hall–Kier alpha value is -1.36. The van der Waals surface area contributed by atoms with Gasteiger partial charge in [-0.3, -0.25) is 4.79 Å². The van der Waals surface area contributed by atoms with Crippen molar-refractivity contribution in [2.24, 2.45) is 0 Å². The fraction of sp³-hybridized carbons (Fsp3) is 0.636. The Kier molecular flexibility index (Phi) is 4.06. The Morgan fingerprint density at radius 2 is 2.25 bits per heavy atom. The molecule has 0 fully saturated rings. The average Bonchev–Trinajstić information content (AvgIpc) is 2.63. The highest BCUT2D eigenvalue weighted by molar-refractivity contribution is 5.81.